The molecule has 1 aromatic heterocycles. The molecule has 5 heteroatoms. The highest BCUT2D eigenvalue weighted by molar-refractivity contribution is 7.09. The zero-order valence-electron chi connectivity index (χ0n) is 8.69. The van der Waals surface area contributed by atoms with Crippen molar-refractivity contribution in [1.29, 1.82) is 0 Å². The van der Waals surface area contributed by atoms with Gasteiger partial charge in [0, 0.05) is 24.3 Å². The van der Waals surface area contributed by atoms with Crippen LogP contribution in [0.3, 0.4) is 0 Å². The molecule has 0 radical (unpaired) electrons. The first-order chi connectivity index (χ1) is 7.40. The van der Waals surface area contributed by atoms with Crippen LogP contribution in [0, 0.1) is 5.92 Å². The van der Waals surface area contributed by atoms with E-state index < -0.39 is 0 Å². The van der Waals surface area contributed by atoms with Crippen LogP contribution in [-0.4, -0.2) is 18.2 Å². The molecule has 2 rings (SSSR count). The molecule has 1 fully saturated rings. The smallest absolute Gasteiger partial charge is 0.0794 e. The molecule has 1 unspecified atom stereocenters. The zero-order valence-corrected chi connectivity index (χ0v) is 9.50. The van der Waals surface area contributed by atoms with Crippen LogP contribution in [0.1, 0.15) is 30.2 Å². The molecule has 84 valence electrons. The van der Waals surface area contributed by atoms with Gasteiger partial charge in [0.15, 0.2) is 0 Å². The largest absolute Gasteiger partial charge is 0.381 e. The van der Waals surface area contributed by atoms with Gasteiger partial charge in [0.1, 0.15) is 0 Å². The summed E-state index contributed by atoms with van der Waals surface area (Å²) in [6, 6.07) is 0.251. The van der Waals surface area contributed by atoms with E-state index in [2.05, 4.69) is 10.4 Å². The first kappa shape index (κ1) is 11.0. The minimum Gasteiger partial charge on any atom is -0.381 e. The van der Waals surface area contributed by atoms with Crippen molar-refractivity contribution in [1.82, 2.24) is 10.4 Å². The molecule has 0 bridgehead atoms. The summed E-state index contributed by atoms with van der Waals surface area (Å²) >= 11 is 1.66. The van der Waals surface area contributed by atoms with E-state index in [0.29, 0.717) is 0 Å². The second-order valence-electron chi connectivity index (χ2n) is 3.91. The summed E-state index contributed by atoms with van der Waals surface area (Å²) in [5.41, 5.74) is 4.73. The summed E-state index contributed by atoms with van der Waals surface area (Å²) < 4.78 is 5.34. The molecule has 4 nitrogen and oxygen atoms in total. The second kappa shape index (κ2) is 5.55. The molecule has 3 N–H and O–H groups in total. The fraction of sp³-hybridized carbons (Fsp3) is 0.700. The molecular weight excluding hydrogens is 210 g/mol. The highest BCUT2D eigenvalue weighted by atomic mass is 32.1. The van der Waals surface area contributed by atoms with Gasteiger partial charge < -0.3 is 4.74 Å². The lowest BCUT2D eigenvalue weighted by Crippen LogP contribution is -2.30. The molecule has 2 heterocycles. The third kappa shape index (κ3) is 2.98. The van der Waals surface area contributed by atoms with Crippen molar-refractivity contribution in [3.05, 3.63) is 16.6 Å². The molecule has 1 aliphatic rings. The Morgan fingerprint density at radius 3 is 3.00 bits per heavy atom. The molecular formula is C10H17N3OS. The highest BCUT2D eigenvalue weighted by Gasteiger charge is 2.20. The van der Waals surface area contributed by atoms with Gasteiger partial charge in [-0.2, -0.15) is 0 Å². The average molecular weight is 227 g/mol. The summed E-state index contributed by atoms with van der Waals surface area (Å²) in [7, 11) is 0. The molecule has 1 aromatic rings. The lowest BCUT2D eigenvalue weighted by molar-refractivity contribution is 0.0606. The SMILES string of the molecule is NNC(CC1CCOCC1)c1cncs1. The van der Waals surface area contributed by atoms with Gasteiger partial charge in [0.2, 0.25) is 0 Å². The Labute approximate surface area is 93.8 Å². The number of nitrogens with one attached hydrogen (secondary N) is 1. The topological polar surface area (TPSA) is 60.2 Å². The molecule has 0 saturated carbocycles. The number of ether oxygens (including phenoxy) is 1. The summed E-state index contributed by atoms with van der Waals surface area (Å²) in [5, 5.41) is 0. The first-order valence-corrected chi connectivity index (χ1v) is 6.20. The number of aromatic nitrogens is 1. The van der Waals surface area contributed by atoms with E-state index in [-0.39, 0.29) is 6.04 Å². The standard InChI is InChI=1S/C10H17N3OS/c11-13-9(10-6-12-7-15-10)5-8-1-3-14-4-2-8/h6-9,13H,1-5,11H2. The van der Waals surface area contributed by atoms with Crippen LogP contribution < -0.4 is 11.3 Å². The van der Waals surface area contributed by atoms with Crippen molar-refractivity contribution >= 4 is 11.3 Å². The lowest BCUT2D eigenvalue weighted by atomic mass is 9.92. The van der Waals surface area contributed by atoms with Crippen LogP contribution >= 0.6 is 11.3 Å². The number of hydrogen-bond donors (Lipinski definition) is 2. The number of rotatable bonds is 4. The summed E-state index contributed by atoms with van der Waals surface area (Å²) in [6.45, 7) is 1.79. The maximum absolute atomic E-state index is 5.58. The maximum Gasteiger partial charge on any atom is 0.0794 e. The van der Waals surface area contributed by atoms with Crippen LogP contribution in [0.4, 0.5) is 0 Å². The van der Waals surface area contributed by atoms with E-state index in [1.807, 2.05) is 11.7 Å². The van der Waals surface area contributed by atoms with Crippen LogP contribution in [0.5, 0.6) is 0 Å². The van der Waals surface area contributed by atoms with E-state index in [4.69, 9.17) is 10.6 Å². The number of thiazole rings is 1. The number of hydrogen-bond acceptors (Lipinski definition) is 5. The molecule has 1 saturated heterocycles. The monoisotopic (exact) mass is 227 g/mol. The third-order valence-corrected chi connectivity index (χ3v) is 3.80. The van der Waals surface area contributed by atoms with Gasteiger partial charge >= 0.3 is 0 Å². The fourth-order valence-electron chi connectivity index (χ4n) is 1.98. The average Bonchev–Trinajstić information content (AvgIpc) is 2.81. The normalized spacial score (nSPS) is 20.3. The Morgan fingerprint density at radius 1 is 1.60 bits per heavy atom. The minimum absolute atomic E-state index is 0.251. The number of nitrogens with two attached hydrogens (primary N) is 1. The summed E-state index contributed by atoms with van der Waals surface area (Å²) in [4.78, 5) is 5.31. The van der Waals surface area contributed by atoms with Crippen molar-refractivity contribution in [2.45, 2.75) is 25.3 Å². The van der Waals surface area contributed by atoms with Gasteiger partial charge in [-0.25, -0.2) is 0 Å². The van der Waals surface area contributed by atoms with Crippen LogP contribution in [0.2, 0.25) is 0 Å². The zero-order chi connectivity index (χ0) is 10.5. The van der Waals surface area contributed by atoms with Gasteiger partial charge in [-0.15, -0.1) is 11.3 Å². The van der Waals surface area contributed by atoms with E-state index in [9.17, 15) is 0 Å². The van der Waals surface area contributed by atoms with Crippen LogP contribution in [0.15, 0.2) is 11.7 Å². The van der Waals surface area contributed by atoms with E-state index >= 15 is 0 Å². The van der Waals surface area contributed by atoms with E-state index in [1.54, 1.807) is 11.3 Å². The number of nitrogens with zero attached hydrogens (tertiary/aromatic N) is 1. The van der Waals surface area contributed by atoms with Crippen molar-refractivity contribution in [2.24, 2.45) is 11.8 Å². The Morgan fingerprint density at radius 2 is 2.40 bits per heavy atom. The maximum atomic E-state index is 5.58. The molecule has 0 aromatic carbocycles. The van der Waals surface area contributed by atoms with Crippen molar-refractivity contribution in [2.75, 3.05) is 13.2 Å². The Hall–Kier alpha value is -0.490. The van der Waals surface area contributed by atoms with Gasteiger partial charge in [-0.3, -0.25) is 16.3 Å². The van der Waals surface area contributed by atoms with Crippen molar-refractivity contribution in [3.63, 3.8) is 0 Å². The minimum atomic E-state index is 0.251. The van der Waals surface area contributed by atoms with Crippen molar-refractivity contribution in [3.8, 4) is 0 Å². The molecule has 0 aliphatic carbocycles. The first-order valence-electron chi connectivity index (χ1n) is 5.32. The Balaban J connectivity index is 1.90. The Bertz CT molecular complexity index is 272. The highest BCUT2D eigenvalue weighted by Crippen LogP contribution is 2.28. The third-order valence-electron chi connectivity index (χ3n) is 2.91. The van der Waals surface area contributed by atoms with Crippen molar-refractivity contribution < 1.29 is 4.74 Å². The second-order valence-corrected chi connectivity index (χ2v) is 4.83. The van der Waals surface area contributed by atoms with E-state index in [1.165, 1.54) is 4.88 Å². The molecule has 1 aliphatic heterocycles. The predicted octanol–water partition coefficient (Wildman–Crippen LogP) is 1.46. The molecule has 1 atom stereocenters. The summed E-state index contributed by atoms with van der Waals surface area (Å²) in [5.74, 6) is 6.30. The van der Waals surface area contributed by atoms with E-state index in [0.717, 1.165) is 38.4 Å². The van der Waals surface area contributed by atoms with Gasteiger partial charge in [0.25, 0.3) is 0 Å². The van der Waals surface area contributed by atoms with Gasteiger partial charge in [-0.1, -0.05) is 0 Å². The summed E-state index contributed by atoms with van der Waals surface area (Å²) in [6.07, 6.45) is 5.28. The number of hydrazine groups is 1. The predicted molar refractivity (Wildman–Crippen MR) is 60.3 cm³/mol. The van der Waals surface area contributed by atoms with Gasteiger partial charge in [-0.05, 0) is 25.2 Å². The van der Waals surface area contributed by atoms with Crippen LogP contribution in [-0.2, 0) is 4.74 Å². The Kier molecular flexibility index (Phi) is 4.08. The fourth-order valence-corrected chi connectivity index (χ4v) is 2.67. The molecule has 0 spiro atoms. The lowest BCUT2D eigenvalue weighted by Gasteiger charge is -2.25. The van der Waals surface area contributed by atoms with Gasteiger partial charge in [0.05, 0.1) is 11.6 Å². The molecule has 0 amide bonds. The molecule has 15 heavy (non-hydrogen) atoms. The van der Waals surface area contributed by atoms with Crippen LogP contribution in [0.25, 0.3) is 0 Å². The quantitative estimate of drug-likeness (QED) is 0.604.